The lowest BCUT2D eigenvalue weighted by atomic mass is 10.0. The summed E-state index contributed by atoms with van der Waals surface area (Å²) >= 11 is 5.91. The number of halogens is 1. The van der Waals surface area contributed by atoms with E-state index in [0.717, 1.165) is 33.2 Å². The molecule has 1 aromatic carbocycles. The van der Waals surface area contributed by atoms with Crippen LogP contribution in [0.2, 0.25) is 5.02 Å². The van der Waals surface area contributed by atoms with Crippen LogP contribution in [0.25, 0.3) is 0 Å². The van der Waals surface area contributed by atoms with E-state index in [1.54, 1.807) is 7.11 Å². The van der Waals surface area contributed by atoms with E-state index < -0.39 is 0 Å². The predicted molar refractivity (Wildman–Crippen MR) is 73.6 cm³/mol. The molecule has 0 saturated carbocycles. The van der Waals surface area contributed by atoms with Crippen LogP contribution in [-0.4, -0.2) is 12.1 Å². The predicted octanol–water partition coefficient (Wildman–Crippen LogP) is 3.67. The second kappa shape index (κ2) is 4.83. The Balaban J connectivity index is 2.05. The summed E-state index contributed by atoms with van der Waals surface area (Å²) in [5.74, 6) is 0.828. The number of ether oxygens (including phenoxy) is 2. The zero-order valence-corrected chi connectivity index (χ0v) is 11.6. The number of aromatic nitrogens is 1. The Hall–Kier alpha value is -1.58. The van der Waals surface area contributed by atoms with Crippen LogP contribution in [0.4, 0.5) is 0 Å². The third kappa shape index (κ3) is 2.09. The van der Waals surface area contributed by atoms with Crippen LogP contribution in [0.5, 0.6) is 5.75 Å². The van der Waals surface area contributed by atoms with Gasteiger partial charge in [0.05, 0.1) is 19.4 Å². The van der Waals surface area contributed by atoms with Gasteiger partial charge in [-0.1, -0.05) is 23.7 Å². The van der Waals surface area contributed by atoms with Crippen molar-refractivity contribution < 1.29 is 9.47 Å². The van der Waals surface area contributed by atoms with Gasteiger partial charge in [-0.15, -0.1) is 0 Å². The second-order valence-electron chi connectivity index (χ2n) is 4.55. The van der Waals surface area contributed by atoms with E-state index >= 15 is 0 Å². The van der Waals surface area contributed by atoms with E-state index in [4.69, 9.17) is 21.1 Å². The zero-order valence-electron chi connectivity index (χ0n) is 10.8. The molecular formula is C15H14ClNO2. The summed E-state index contributed by atoms with van der Waals surface area (Å²) in [6.45, 7) is 2.49. The Labute approximate surface area is 117 Å². The van der Waals surface area contributed by atoms with Crippen molar-refractivity contribution in [2.45, 2.75) is 19.6 Å². The van der Waals surface area contributed by atoms with E-state index in [9.17, 15) is 0 Å². The molecule has 0 aliphatic carbocycles. The Morgan fingerprint density at radius 3 is 2.74 bits per heavy atom. The maximum atomic E-state index is 5.91. The van der Waals surface area contributed by atoms with Crippen molar-refractivity contribution in [1.82, 2.24) is 4.98 Å². The van der Waals surface area contributed by atoms with Crippen molar-refractivity contribution >= 4 is 11.6 Å². The molecule has 19 heavy (non-hydrogen) atoms. The molecule has 0 unspecified atom stereocenters. The van der Waals surface area contributed by atoms with E-state index in [1.165, 1.54) is 0 Å². The van der Waals surface area contributed by atoms with Crippen molar-refractivity contribution in [1.29, 1.82) is 0 Å². The third-order valence-electron chi connectivity index (χ3n) is 3.40. The average Bonchev–Trinajstić information content (AvgIpc) is 2.83. The molecule has 4 heteroatoms. The zero-order chi connectivity index (χ0) is 13.4. The summed E-state index contributed by atoms with van der Waals surface area (Å²) in [4.78, 5) is 4.38. The highest BCUT2D eigenvalue weighted by Gasteiger charge is 2.28. The van der Waals surface area contributed by atoms with Crippen molar-refractivity contribution in [2.24, 2.45) is 0 Å². The number of hydrogen-bond acceptors (Lipinski definition) is 3. The first-order valence-electron chi connectivity index (χ1n) is 6.10. The molecule has 3 rings (SSSR count). The maximum Gasteiger partial charge on any atom is 0.145 e. The quantitative estimate of drug-likeness (QED) is 0.838. The fourth-order valence-electron chi connectivity index (χ4n) is 2.47. The van der Waals surface area contributed by atoms with Crippen LogP contribution in [-0.2, 0) is 11.3 Å². The van der Waals surface area contributed by atoms with Crippen LogP contribution in [0.1, 0.15) is 28.5 Å². The molecule has 0 bridgehead atoms. The van der Waals surface area contributed by atoms with Gasteiger partial charge < -0.3 is 9.47 Å². The molecule has 0 spiro atoms. The number of fused-ring (bicyclic) bond motifs is 1. The first kappa shape index (κ1) is 12.5. The number of aryl methyl sites for hydroxylation is 1. The van der Waals surface area contributed by atoms with Crippen molar-refractivity contribution in [2.75, 3.05) is 7.11 Å². The minimum absolute atomic E-state index is 0.0886. The van der Waals surface area contributed by atoms with Gasteiger partial charge in [0.2, 0.25) is 0 Å². The molecule has 1 aliphatic rings. The summed E-state index contributed by atoms with van der Waals surface area (Å²) in [7, 11) is 1.67. The lowest BCUT2D eigenvalue weighted by molar-refractivity contribution is 0.0932. The molecule has 0 radical (unpaired) electrons. The Kier molecular flexibility index (Phi) is 3.17. The van der Waals surface area contributed by atoms with Crippen LogP contribution < -0.4 is 4.74 Å². The smallest absolute Gasteiger partial charge is 0.145 e. The Morgan fingerprint density at radius 1 is 1.32 bits per heavy atom. The lowest BCUT2D eigenvalue weighted by Crippen LogP contribution is -2.00. The van der Waals surface area contributed by atoms with Gasteiger partial charge in [0.1, 0.15) is 11.9 Å². The lowest BCUT2D eigenvalue weighted by Gasteiger charge is -2.12. The van der Waals surface area contributed by atoms with Gasteiger partial charge in [-0.3, -0.25) is 4.98 Å². The summed E-state index contributed by atoms with van der Waals surface area (Å²) in [5, 5.41) is 0.724. The molecule has 0 amide bonds. The van der Waals surface area contributed by atoms with E-state index in [0.29, 0.717) is 6.61 Å². The molecule has 1 aromatic heterocycles. The largest absolute Gasteiger partial charge is 0.494 e. The normalized spacial score (nSPS) is 17.3. The molecule has 2 heterocycles. The van der Waals surface area contributed by atoms with Gasteiger partial charge in [0, 0.05) is 22.3 Å². The monoisotopic (exact) mass is 275 g/mol. The highest BCUT2D eigenvalue weighted by molar-refractivity contribution is 6.30. The van der Waals surface area contributed by atoms with Crippen LogP contribution in [0.15, 0.2) is 30.5 Å². The molecule has 0 saturated heterocycles. The summed E-state index contributed by atoms with van der Waals surface area (Å²) in [6, 6.07) is 7.71. The summed E-state index contributed by atoms with van der Waals surface area (Å²) in [5.41, 5.74) is 4.14. The SMILES string of the molecule is COc1c(C)ncc2c1CO[C@@H]2c1ccc(Cl)cc1. The highest BCUT2D eigenvalue weighted by Crippen LogP contribution is 2.40. The average molecular weight is 276 g/mol. The summed E-state index contributed by atoms with van der Waals surface area (Å²) in [6.07, 6.45) is 1.79. The minimum Gasteiger partial charge on any atom is -0.494 e. The van der Waals surface area contributed by atoms with Crippen LogP contribution in [0, 0.1) is 6.92 Å². The van der Waals surface area contributed by atoms with E-state index in [-0.39, 0.29) is 6.10 Å². The molecule has 98 valence electrons. The van der Waals surface area contributed by atoms with Gasteiger partial charge in [-0.2, -0.15) is 0 Å². The standard InChI is InChI=1S/C15H14ClNO2/c1-9-14(18-2)13-8-19-15(12(13)7-17-9)10-3-5-11(16)6-4-10/h3-7,15H,8H2,1-2H3/t15-/m1/s1. The molecule has 0 N–H and O–H groups in total. The van der Waals surface area contributed by atoms with Gasteiger partial charge in [-0.05, 0) is 24.6 Å². The Bertz CT molecular complexity index is 610. The first-order valence-corrected chi connectivity index (χ1v) is 6.48. The molecule has 0 fully saturated rings. The van der Waals surface area contributed by atoms with Crippen molar-refractivity contribution in [3.63, 3.8) is 0 Å². The van der Waals surface area contributed by atoms with Crippen molar-refractivity contribution in [3.8, 4) is 5.75 Å². The number of pyridine rings is 1. The van der Waals surface area contributed by atoms with Crippen LogP contribution >= 0.6 is 11.6 Å². The van der Waals surface area contributed by atoms with E-state index in [1.807, 2.05) is 37.4 Å². The van der Waals surface area contributed by atoms with Gasteiger partial charge in [0.15, 0.2) is 0 Å². The van der Waals surface area contributed by atoms with Gasteiger partial charge in [-0.25, -0.2) is 0 Å². The number of methoxy groups -OCH3 is 1. The van der Waals surface area contributed by atoms with Crippen LogP contribution in [0.3, 0.4) is 0 Å². The molecule has 3 nitrogen and oxygen atoms in total. The molecule has 1 atom stereocenters. The third-order valence-corrected chi connectivity index (χ3v) is 3.65. The fourth-order valence-corrected chi connectivity index (χ4v) is 2.59. The van der Waals surface area contributed by atoms with Gasteiger partial charge >= 0.3 is 0 Å². The molecular weight excluding hydrogens is 262 g/mol. The first-order chi connectivity index (χ1) is 9.20. The topological polar surface area (TPSA) is 31.4 Å². The number of rotatable bonds is 2. The maximum absolute atomic E-state index is 5.91. The number of nitrogens with zero attached hydrogens (tertiary/aromatic N) is 1. The van der Waals surface area contributed by atoms with Gasteiger partial charge in [0.25, 0.3) is 0 Å². The highest BCUT2D eigenvalue weighted by atomic mass is 35.5. The Morgan fingerprint density at radius 2 is 2.05 bits per heavy atom. The molecule has 1 aliphatic heterocycles. The second-order valence-corrected chi connectivity index (χ2v) is 4.99. The number of benzene rings is 1. The summed E-state index contributed by atoms with van der Waals surface area (Å²) < 4.78 is 11.3. The van der Waals surface area contributed by atoms with E-state index in [2.05, 4.69) is 4.98 Å². The van der Waals surface area contributed by atoms with Crippen molar-refractivity contribution in [3.05, 3.63) is 57.9 Å². The number of hydrogen-bond donors (Lipinski definition) is 0. The molecule has 2 aromatic rings. The minimum atomic E-state index is -0.0886. The fraction of sp³-hybridized carbons (Fsp3) is 0.267.